The van der Waals surface area contributed by atoms with Crippen LogP contribution in [0, 0.1) is 6.92 Å². The van der Waals surface area contributed by atoms with E-state index in [-0.39, 0.29) is 11.2 Å². The Morgan fingerprint density at radius 3 is 2.86 bits per heavy atom. The Hall–Kier alpha value is -1.29. The minimum absolute atomic E-state index is 0.0855. The van der Waals surface area contributed by atoms with E-state index < -0.39 is 0 Å². The molecule has 0 saturated heterocycles. The van der Waals surface area contributed by atoms with Crippen molar-refractivity contribution in [2.45, 2.75) is 6.92 Å². The van der Waals surface area contributed by atoms with Crippen molar-refractivity contribution in [2.75, 3.05) is 0 Å². The summed E-state index contributed by atoms with van der Waals surface area (Å²) in [6, 6.07) is 4.43. The van der Waals surface area contributed by atoms with Gasteiger partial charge in [0, 0.05) is 6.07 Å². The zero-order valence-corrected chi connectivity index (χ0v) is 8.96. The van der Waals surface area contributed by atoms with E-state index >= 15 is 0 Å². The third kappa shape index (κ3) is 1.32. The SMILES string of the molecule is Cc1oc2cc(O)ccc2c(=O)c1Br. The number of hydrogen-bond donors (Lipinski definition) is 1. The highest BCUT2D eigenvalue weighted by atomic mass is 79.9. The third-order valence-electron chi connectivity index (χ3n) is 1.98. The highest BCUT2D eigenvalue weighted by molar-refractivity contribution is 9.10. The predicted molar refractivity (Wildman–Crippen MR) is 56.6 cm³/mol. The van der Waals surface area contributed by atoms with Gasteiger partial charge in [-0.3, -0.25) is 4.79 Å². The van der Waals surface area contributed by atoms with E-state index in [0.717, 1.165) is 0 Å². The fraction of sp³-hybridized carbons (Fsp3) is 0.100. The molecule has 2 rings (SSSR count). The van der Waals surface area contributed by atoms with Crippen molar-refractivity contribution in [3.8, 4) is 5.75 Å². The van der Waals surface area contributed by atoms with Gasteiger partial charge in [-0.05, 0) is 35.0 Å². The molecule has 1 aromatic carbocycles. The Morgan fingerprint density at radius 2 is 2.14 bits per heavy atom. The lowest BCUT2D eigenvalue weighted by atomic mass is 10.2. The molecule has 1 heterocycles. The smallest absolute Gasteiger partial charge is 0.207 e. The van der Waals surface area contributed by atoms with Crippen LogP contribution in [0.15, 0.2) is 31.9 Å². The van der Waals surface area contributed by atoms with E-state index in [1.807, 2.05) is 0 Å². The standard InChI is InChI=1S/C10H7BrO3/c1-5-9(11)10(13)7-3-2-6(12)4-8(7)14-5/h2-4,12H,1H3. The second kappa shape index (κ2) is 3.13. The molecule has 1 N–H and O–H groups in total. The largest absolute Gasteiger partial charge is 0.508 e. The average molecular weight is 255 g/mol. The van der Waals surface area contributed by atoms with Gasteiger partial charge >= 0.3 is 0 Å². The number of phenolic OH excluding ortho intramolecular Hbond substituents is 1. The molecule has 0 bridgehead atoms. The monoisotopic (exact) mass is 254 g/mol. The molecular weight excluding hydrogens is 248 g/mol. The summed E-state index contributed by atoms with van der Waals surface area (Å²) in [5, 5.41) is 9.67. The van der Waals surface area contributed by atoms with Crippen LogP contribution in [0.4, 0.5) is 0 Å². The number of halogens is 1. The molecular formula is C10H7BrO3. The van der Waals surface area contributed by atoms with Crippen LogP contribution in [-0.2, 0) is 0 Å². The van der Waals surface area contributed by atoms with Crippen LogP contribution in [0.25, 0.3) is 11.0 Å². The lowest BCUT2D eigenvalue weighted by Crippen LogP contribution is -2.03. The first-order valence-corrected chi connectivity index (χ1v) is 4.81. The summed E-state index contributed by atoms with van der Waals surface area (Å²) in [6.45, 7) is 1.69. The molecule has 2 aromatic rings. The number of aryl methyl sites for hydroxylation is 1. The summed E-state index contributed by atoms with van der Waals surface area (Å²) < 4.78 is 5.77. The van der Waals surface area contributed by atoms with Gasteiger partial charge in [0.25, 0.3) is 0 Å². The highest BCUT2D eigenvalue weighted by Crippen LogP contribution is 2.22. The van der Waals surface area contributed by atoms with E-state index in [4.69, 9.17) is 4.42 Å². The molecule has 0 amide bonds. The van der Waals surface area contributed by atoms with Crippen LogP contribution in [0.3, 0.4) is 0 Å². The fourth-order valence-electron chi connectivity index (χ4n) is 1.27. The second-order valence-corrected chi connectivity index (χ2v) is 3.77. The minimum atomic E-state index is -0.122. The van der Waals surface area contributed by atoms with E-state index in [9.17, 15) is 9.90 Å². The molecule has 4 heteroatoms. The first-order valence-electron chi connectivity index (χ1n) is 4.01. The Morgan fingerprint density at radius 1 is 1.43 bits per heavy atom. The molecule has 0 radical (unpaired) electrons. The molecule has 0 aliphatic heterocycles. The quantitative estimate of drug-likeness (QED) is 0.787. The minimum Gasteiger partial charge on any atom is -0.508 e. The van der Waals surface area contributed by atoms with Gasteiger partial charge in [-0.2, -0.15) is 0 Å². The van der Waals surface area contributed by atoms with Crippen LogP contribution in [-0.4, -0.2) is 5.11 Å². The van der Waals surface area contributed by atoms with Crippen molar-refractivity contribution < 1.29 is 9.52 Å². The van der Waals surface area contributed by atoms with E-state index in [2.05, 4.69) is 15.9 Å². The number of rotatable bonds is 0. The van der Waals surface area contributed by atoms with Gasteiger partial charge in [0.2, 0.25) is 5.43 Å². The number of hydrogen-bond acceptors (Lipinski definition) is 3. The number of phenols is 1. The van der Waals surface area contributed by atoms with Gasteiger partial charge < -0.3 is 9.52 Å². The number of fused-ring (bicyclic) bond motifs is 1. The van der Waals surface area contributed by atoms with Crippen molar-refractivity contribution in [1.82, 2.24) is 0 Å². The maximum absolute atomic E-state index is 11.7. The molecule has 0 saturated carbocycles. The fourth-order valence-corrected chi connectivity index (χ4v) is 1.57. The summed E-state index contributed by atoms with van der Waals surface area (Å²) >= 11 is 3.15. The number of benzene rings is 1. The van der Waals surface area contributed by atoms with Crippen LogP contribution < -0.4 is 5.43 Å². The van der Waals surface area contributed by atoms with Gasteiger partial charge in [0.1, 0.15) is 21.6 Å². The van der Waals surface area contributed by atoms with E-state index in [0.29, 0.717) is 21.2 Å². The first-order chi connectivity index (χ1) is 6.59. The lowest BCUT2D eigenvalue weighted by molar-refractivity contribution is 0.473. The molecule has 72 valence electrons. The number of aromatic hydroxyl groups is 1. The molecule has 0 spiro atoms. The van der Waals surface area contributed by atoms with Gasteiger partial charge in [0.15, 0.2) is 0 Å². The normalized spacial score (nSPS) is 10.7. The molecule has 0 aliphatic rings. The molecule has 0 aliphatic carbocycles. The van der Waals surface area contributed by atoms with E-state index in [1.54, 1.807) is 13.0 Å². The summed E-state index contributed by atoms with van der Waals surface area (Å²) in [5.74, 6) is 0.593. The zero-order valence-electron chi connectivity index (χ0n) is 7.37. The maximum atomic E-state index is 11.7. The first kappa shape index (κ1) is 9.27. The summed E-state index contributed by atoms with van der Waals surface area (Å²) in [7, 11) is 0. The van der Waals surface area contributed by atoms with Gasteiger partial charge in [-0.25, -0.2) is 0 Å². The Labute approximate surface area is 88.1 Å². The molecule has 0 unspecified atom stereocenters. The summed E-state index contributed by atoms with van der Waals surface area (Å²) in [4.78, 5) is 11.7. The maximum Gasteiger partial charge on any atom is 0.207 e. The Kier molecular flexibility index (Phi) is 2.07. The average Bonchev–Trinajstić information content (AvgIpc) is 2.14. The lowest BCUT2D eigenvalue weighted by Gasteiger charge is -2.01. The van der Waals surface area contributed by atoms with Crippen LogP contribution in [0.1, 0.15) is 5.76 Å². The van der Waals surface area contributed by atoms with Crippen molar-refractivity contribution in [2.24, 2.45) is 0 Å². The highest BCUT2D eigenvalue weighted by Gasteiger charge is 2.08. The van der Waals surface area contributed by atoms with E-state index in [1.165, 1.54) is 12.1 Å². The van der Waals surface area contributed by atoms with Gasteiger partial charge in [-0.1, -0.05) is 0 Å². The van der Waals surface area contributed by atoms with Gasteiger partial charge in [-0.15, -0.1) is 0 Å². The summed E-state index contributed by atoms with van der Waals surface area (Å²) in [5.41, 5.74) is 0.277. The zero-order chi connectivity index (χ0) is 10.3. The topological polar surface area (TPSA) is 50.4 Å². The van der Waals surface area contributed by atoms with Crippen molar-refractivity contribution in [3.05, 3.63) is 38.7 Å². The molecule has 14 heavy (non-hydrogen) atoms. The van der Waals surface area contributed by atoms with Gasteiger partial charge in [0.05, 0.1) is 5.39 Å². The van der Waals surface area contributed by atoms with Crippen LogP contribution in [0.2, 0.25) is 0 Å². The molecule has 0 fully saturated rings. The third-order valence-corrected chi connectivity index (χ3v) is 2.90. The van der Waals surface area contributed by atoms with Crippen LogP contribution in [0.5, 0.6) is 5.75 Å². The Balaban J connectivity index is 2.98. The van der Waals surface area contributed by atoms with Crippen molar-refractivity contribution >= 4 is 26.9 Å². The molecule has 1 aromatic heterocycles. The van der Waals surface area contributed by atoms with Crippen molar-refractivity contribution in [1.29, 1.82) is 0 Å². The predicted octanol–water partition coefficient (Wildman–Crippen LogP) is 2.57. The Bertz CT molecular complexity index is 557. The summed E-state index contributed by atoms with van der Waals surface area (Å²) in [6.07, 6.45) is 0. The van der Waals surface area contributed by atoms with Crippen LogP contribution >= 0.6 is 15.9 Å². The molecule has 0 atom stereocenters. The molecule has 3 nitrogen and oxygen atoms in total. The second-order valence-electron chi connectivity index (χ2n) is 2.98. The van der Waals surface area contributed by atoms with Crippen molar-refractivity contribution in [3.63, 3.8) is 0 Å².